The molecule has 0 unspecified atom stereocenters. The number of benzene rings is 1. The Balaban J connectivity index is 2.54. The highest BCUT2D eigenvalue weighted by Crippen LogP contribution is 2.23. The fraction of sp³-hybridized carbons (Fsp3) is 0.429. The molecule has 0 atom stereocenters. The second-order valence-corrected chi connectivity index (χ2v) is 4.78. The highest BCUT2D eigenvalue weighted by Gasteiger charge is 2.09. The van der Waals surface area contributed by atoms with Gasteiger partial charge in [-0.25, -0.2) is 0 Å². The molecule has 0 bridgehead atoms. The molecule has 0 aliphatic heterocycles. The van der Waals surface area contributed by atoms with Crippen molar-refractivity contribution in [1.29, 1.82) is 0 Å². The lowest BCUT2D eigenvalue weighted by Crippen LogP contribution is -2.26. The number of nitrogens with zero attached hydrogens (tertiary/aromatic N) is 1. The Morgan fingerprint density at radius 3 is 2.74 bits per heavy atom. The fourth-order valence-electron chi connectivity index (χ4n) is 1.49. The van der Waals surface area contributed by atoms with Crippen molar-refractivity contribution in [1.82, 2.24) is 5.32 Å². The maximum absolute atomic E-state index is 10.6. The third-order valence-corrected chi connectivity index (χ3v) is 2.56. The predicted octanol–water partition coefficient (Wildman–Crippen LogP) is 2.84. The van der Waals surface area contributed by atoms with Crippen LogP contribution in [0.15, 0.2) is 30.4 Å². The number of nitro benzene ring substituents is 1. The van der Waals surface area contributed by atoms with Crippen molar-refractivity contribution in [2.75, 3.05) is 13.2 Å². The SMILES string of the molecule is C=C(CNC(C)C)COc1ccc([N+](=O)[O-])cc1C. The van der Waals surface area contributed by atoms with E-state index in [9.17, 15) is 10.1 Å². The van der Waals surface area contributed by atoms with Gasteiger partial charge >= 0.3 is 0 Å². The van der Waals surface area contributed by atoms with Gasteiger partial charge in [0, 0.05) is 24.7 Å². The summed E-state index contributed by atoms with van der Waals surface area (Å²) in [6, 6.07) is 4.97. The van der Waals surface area contributed by atoms with E-state index in [0.29, 0.717) is 24.9 Å². The lowest BCUT2D eigenvalue weighted by atomic mass is 10.2. The number of aryl methyl sites for hydroxylation is 1. The van der Waals surface area contributed by atoms with Crippen molar-refractivity contribution in [3.63, 3.8) is 0 Å². The molecule has 0 heterocycles. The summed E-state index contributed by atoms with van der Waals surface area (Å²) < 4.78 is 5.60. The molecule has 0 fully saturated rings. The molecule has 0 aromatic heterocycles. The second-order valence-electron chi connectivity index (χ2n) is 4.78. The summed E-state index contributed by atoms with van der Waals surface area (Å²) in [6.07, 6.45) is 0. The largest absolute Gasteiger partial charge is 0.489 e. The van der Waals surface area contributed by atoms with Crippen LogP contribution in [0.4, 0.5) is 5.69 Å². The summed E-state index contributed by atoms with van der Waals surface area (Å²) in [6.45, 7) is 10.9. The zero-order valence-corrected chi connectivity index (χ0v) is 11.6. The number of ether oxygens (including phenoxy) is 1. The second kappa shape index (κ2) is 6.89. The molecule has 5 nitrogen and oxygen atoms in total. The third-order valence-electron chi connectivity index (χ3n) is 2.56. The molecule has 1 aromatic rings. The van der Waals surface area contributed by atoms with E-state index < -0.39 is 4.92 Å². The van der Waals surface area contributed by atoms with Gasteiger partial charge in [0.15, 0.2) is 0 Å². The first-order chi connectivity index (χ1) is 8.90. The molecule has 0 aliphatic carbocycles. The van der Waals surface area contributed by atoms with Crippen LogP contribution >= 0.6 is 0 Å². The Hall–Kier alpha value is -1.88. The van der Waals surface area contributed by atoms with Gasteiger partial charge in [0.25, 0.3) is 5.69 Å². The zero-order chi connectivity index (χ0) is 14.4. The molecule has 0 saturated heterocycles. The van der Waals surface area contributed by atoms with E-state index in [2.05, 4.69) is 25.7 Å². The molecule has 0 aliphatic rings. The molecular weight excluding hydrogens is 244 g/mol. The van der Waals surface area contributed by atoms with Gasteiger partial charge in [0.1, 0.15) is 12.4 Å². The fourth-order valence-corrected chi connectivity index (χ4v) is 1.49. The first kappa shape index (κ1) is 15.2. The molecule has 0 saturated carbocycles. The normalized spacial score (nSPS) is 10.5. The van der Waals surface area contributed by atoms with Gasteiger partial charge in [-0.1, -0.05) is 20.4 Å². The van der Waals surface area contributed by atoms with Crippen LogP contribution in [0.3, 0.4) is 0 Å². The Labute approximate surface area is 113 Å². The molecule has 0 radical (unpaired) electrons. The van der Waals surface area contributed by atoms with E-state index >= 15 is 0 Å². The van der Waals surface area contributed by atoms with E-state index in [1.165, 1.54) is 12.1 Å². The van der Waals surface area contributed by atoms with E-state index in [1.54, 1.807) is 13.0 Å². The Morgan fingerprint density at radius 1 is 1.53 bits per heavy atom. The van der Waals surface area contributed by atoms with Crippen molar-refractivity contribution in [2.45, 2.75) is 26.8 Å². The van der Waals surface area contributed by atoms with Gasteiger partial charge in [0.2, 0.25) is 0 Å². The van der Waals surface area contributed by atoms with Gasteiger partial charge in [-0.3, -0.25) is 10.1 Å². The molecule has 104 valence electrons. The molecular formula is C14H20N2O3. The van der Waals surface area contributed by atoms with Crippen molar-refractivity contribution in [3.8, 4) is 5.75 Å². The quantitative estimate of drug-likeness (QED) is 0.467. The molecule has 1 rings (SSSR count). The molecule has 19 heavy (non-hydrogen) atoms. The van der Waals surface area contributed by atoms with E-state index in [0.717, 1.165) is 11.1 Å². The van der Waals surface area contributed by atoms with Crippen LogP contribution in [-0.4, -0.2) is 24.1 Å². The van der Waals surface area contributed by atoms with Crippen LogP contribution in [0, 0.1) is 17.0 Å². The number of non-ortho nitro benzene ring substituents is 1. The minimum Gasteiger partial charge on any atom is -0.489 e. The minimum atomic E-state index is -0.414. The standard InChI is InChI=1S/C14H20N2O3/c1-10(2)15-8-11(3)9-19-14-6-5-13(16(17)18)7-12(14)4/h5-7,10,15H,3,8-9H2,1-2,4H3. The topological polar surface area (TPSA) is 64.4 Å². The van der Waals surface area contributed by atoms with Crippen molar-refractivity contribution >= 4 is 5.69 Å². The van der Waals surface area contributed by atoms with Crippen LogP contribution in [-0.2, 0) is 0 Å². The van der Waals surface area contributed by atoms with Crippen LogP contribution in [0.1, 0.15) is 19.4 Å². The third kappa shape index (κ3) is 5.09. The minimum absolute atomic E-state index is 0.0742. The molecule has 5 heteroatoms. The lowest BCUT2D eigenvalue weighted by molar-refractivity contribution is -0.384. The maximum atomic E-state index is 10.6. The summed E-state index contributed by atoms with van der Waals surface area (Å²) in [5.41, 5.74) is 1.76. The van der Waals surface area contributed by atoms with Crippen molar-refractivity contribution < 1.29 is 9.66 Å². The number of rotatable bonds is 7. The number of nitrogens with one attached hydrogen (secondary N) is 1. The average molecular weight is 264 g/mol. The number of hydrogen-bond donors (Lipinski definition) is 1. The summed E-state index contributed by atoms with van der Waals surface area (Å²) >= 11 is 0. The first-order valence-corrected chi connectivity index (χ1v) is 6.18. The van der Waals surface area contributed by atoms with Gasteiger partial charge in [0.05, 0.1) is 4.92 Å². The summed E-state index contributed by atoms with van der Waals surface area (Å²) in [5.74, 6) is 0.649. The predicted molar refractivity (Wildman–Crippen MR) is 75.6 cm³/mol. The van der Waals surface area contributed by atoms with Gasteiger partial charge in [-0.05, 0) is 24.1 Å². The van der Waals surface area contributed by atoms with Crippen LogP contribution in [0.2, 0.25) is 0 Å². The zero-order valence-electron chi connectivity index (χ0n) is 11.6. The van der Waals surface area contributed by atoms with Crippen molar-refractivity contribution in [3.05, 3.63) is 46.0 Å². The van der Waals surface area contributed by atoms with E-state index in [4.69, 9.17) is 4.74 Å². The smallest absolute Gasteiger partial charge is 0.269 e. The molecule has 0 amide bonds. The van der Waals surface area contributed by atoms with E-state index in [1.807, 2.05) is 0 Å². The number of hydrogen-bond acceptors (Lipinski definition) is 4. The molecule has 0 spiro atoms. The summed E-state index contributed by atoms with van der Waals surface area (Å²) in [5, 5.41) is 13.9. The first-order valence-electron chi connectivity index (χ1n) is 6.18. The molecule has 1 aromatic carbocycles. The van der Waals surface area contributed by atoms with Crippen molar-refractivity contribution in [2.24, 2.45) is 0 Å². The van der Waals surface area contributed by atoms with Gasteiger partial charge in [-0.2, -0.15) is 0 Å². The molecule has 1 N–H and O–H groups in total. The van der Waals surface area contributed by atoms with Gasteiger partial charge in [-0.15, -0.1) is 0 Å². The van der Waals surface area contributed by atoms with E-state index in [-0.39, 0.29) is 5.69 Å². The maximum Gasteiger partial charge on any atom is 0.269 e. The lowest BCUT2D eigenvalue weighted by Gasteiger charge is -2.13. The Kier molecular flexibility index (Phi) is 5.51. The van der Waals surface area contributed by atoms with Crippen LogP contribution in [0.5, 0.6) is 5.75 Å². The monoisotopic (exact) mass is 264 g/mol. The van der Waals surface area contributed by atoms with Crippen LogP contribution in [0.25, 0.3) is 0 Å². The average Bonchev–Trinajstić information content (AvgIpc) is 2.34. The van der Waals surface area contributed by atoms with Crippen LogP contribution < -0.4 is 10.1 Å². The number of nitro groups is 1. The summed E-state index contributed by atoms with van der Waals surface area (Å²) in [4.78, 5) is 10.2. The Bertz CT molecular complexity index is 470. The van der Waals surface area contributed by atoms with Gasteiger partial charge < -0.3 is 10.1 Å². The summed E-state index contributed by atoms with van der Waals surface area (Å²) in [7, 11) is 0. The Morgan fingerprint density at radius 2 is 2.21 bits per heavy atom. The highest BCUT2D eigenvalue weighted by atomic mass is 16.6. The highest BCUT2D eigenvalue weighted by molar-refractivity contribution is 5.43.